The van der Waals surface area contributed by atoms with E-state index in [4.69, 9.17) is 4.74 Å². The van der Waals surface area contributed by atoms with Crippen molar-refractivity contribution in [1.82, 2.24) is 15.2 Å². The van der Waals surface area contributed by atoms with E-state index in [1.807, 2.05) is 6.07 Å². The Hall–Kier alpha value is -2.28. The maximum absolute atomic E-state index is 13.4. The molecule has 5 rings (SSSR count). The SMILES string of the molecule is Fc1ccc2nc(N3CCC(COc4cc5c(nn4)CCC5)C3)sc2c1. The summed E-state index contributed by atoms with van der Waals surface area (Å²) in [5, 5.41) is 9.43. The highest BCUT2D eigenvalue weighted by molar-refractivity contribution is 7.22. The lowest BCUT2D eigenvalue weighted by Crippen LogP contribution is -2.21. The third-order valence-electron chi connectivity index (χ3n) is 5.16. The Kier molecular flexibility index (Phi) is 3.96. The Morgan fingerprint density at radius 1 is 1.23 bits per heavy atom. The first-order valence-corrected chi connectivity index (χ1v) is 9.85. The summed E-state index contributed by atoms with van der Waals surface area (Å²) in [4.78, 5) is 6.91. The molecule has 1 saturated heterocycles. The molecular weight excluding hydrogens is 351 g/mol. The van der Waals surface area contributed by atoms with Crippen LogP contribution in [-0.2, 0) is 12.8 Å². The van der Waals surface area contributed by atoms with E-state index in [1.165, 1.54) is 11.6 Å². The standard InChI is InChI=1S/C19H19FN4OS/c20-14-4-5-16-17(9-14)26-19(21-16)24-7-6-12(10-24)11-25-18-8-13-2-1-3-15(13)22-23-18/h4-5,8-9,12H,1-3,6-7,10-11H2. The number of anilines is 1. The molecule has 134 valence electrons. The summed E-state index contributed by atoms with van der Waals surface area (Å²) in [5.74, 6) is 0.865. The average molecular weight is 370 g/mol. The Balaban J connectivity index is 1.22. The van der Waals surface area contributed by atoms with Crippen LogP contribution in [0.3, 0.4) is 0 Å². The number of aromatic nitrogens is 3. The van der Waals surface area contributed by atoms with Crippen molar-refractivity contribution in [2.75, 3.05) is 24.6 Å². The molecule has 1 unspecified atom stereocenters. The van der Waals surface area contributed by atoms with Crippen LogP contribution in [0.2, 0.25) is 0 Å². The van der Waals surface area contributed by atoms with E-state index in [-0.39, 0.29) is 5.82 Å². The van der Waals surface area contributed by atoms with Crippen molar-refractivity contribution < 1.29 is 9.13 Å². The van der Waals surface area contributed by atoms with Gasteiger partial charge in [0.1, 0.15) is 5.82 Å². The van der Waals surface area contributed by atoms with E-state index < -0.39 is 0 Å². The van der Waals surface area contributed by atoms with Gasteiger partial charge in [-0.15, -0.1) is 5.10 Å². The first-order chi connectivity index (χ1) is 12.7. The molecule has 1 aliphatic heterocycles. The quantitative estimate of drug-likeness (QED) is 0.702. The minimum atomic E-state index is -0.212. The molecule has 0 N–H and O–H groups in total. The van der Waals surface area contributed by atoms with Gasteiger partial charge in [-0.3, -0.25) is 0 Å². The topological polar surface area (TPSA) is 51.1 Å². The summed E-state index contributed by atoms with van der Waals surface area (Å²) >= 11 is 1.55. The summed E-state index contributed by atoms with van der Waals surface area (Å²) < 4.78 is 20.2. The highest BCUT2D eigenvalue weighted by Crippen LogP contribution is 2.32. The van der Waals surface area contributed by atoms with Gasteiger partial charge in [-0.1, -0.05) is 11.3 Å². The van der Waals surface area contributed by atoms with Crippen LogP contribution >= 0.6 is 11.3 Å². The molecule has 1 aromatic carbocycles. The smallest absolute Gasteiger partial charge is 0.233 e. The van der Waals surface area contributed by atoms with Gasteiger partial charge in [0.2, 0.25) is 5.88 Å². The lowest BCUT2D eigenvalue weighted by Gasteiger charge is -2.15. The van der Waals surface area contributed by atoms with Gasteiger partial charge >= 0.3 is 0 Å². The second-order valence-electron chi connectivity index (χ2n) is 7.03. The molecule has 5 nitrogen and oxygen atoms in total. The van der Waals surface area contributed by atoms with Crippen LogP contribution in [-0.4, -0.2) is 34.9 Å². The Bertz CT molecular complexity index is 960. The zero-order valence-corrected chi connectivity index (χ0v) is 15.1. The third-order valence-corrected chi connectivity index (χ3v) is 6.24. The maximum Gasteiger partial charge on any atom is 0.233 e. The molecule has 2 aromatic heterocycles. The minimum absolute atomic E-state index is 0.212. The van der Waals surface area contributed by atoms with Crippen LogP contribution in [0.5, 0.6) is 5.88 Å². The maximum atomic E-state index is 13.4. The summed E-state index contributed by atoms with van der Waals surface area (Å²) in [7, 11) is 0. The number of hydrogen-bond donors (Lipinski definition) is 0. The van der Waals surface area contributed by atoms with Gasteiger partial charge < -0.3 is 9.64 Å². The predicted octanol–water partition coefficient (Wildman–Crippen LogP) is 3.62. The normalized spacial score (nSPS) is 19.3. The van der Waals surface area contributed by atoms with Gasteiger partial charge in [-0.25, -0.2) is 9.37 Å². The molecule has 7 heteroatoms. The molecular formula is C19H19FN4OS. The van der Waals surface area contributed by atoms with Crippen LogP contribution in [0.25, 0.3) is 10.2 Å². The number of rotatable bonds is 4. The lowest BCUT2D eigenvalue weighted by molar-refractivity contribution is 0.249. The van der Waals surface area contributed by atoms with Crippen LogP contribution < -0.4 is 9.64 Å². The fourth-order valence-corrected chi connectivity index (χ4v) is 4.77. The molecule has 0 bridgehead atoms. The number of ether oxygens (including phenoxy) is 1. The Labute approximate surface area is 154 Å². The predicted molar refractivity (Wildman–Crippen MR) is 99.5 cm³/mol. The zero-order chi connectivity index (χ0) is 17.5. The molecule has 0 radical (unpaired) electrons. The van der Waals surface area contributed by atoms with E-state index in [0.29, 0.717) is 18.4 Å². The van der Waals surface area contributed by atoms with E-state index in [9.17, 15) is 4.39 Å². The molecule has 1 fully saturated rings. The van der Waals surface area contributed by atoms with Gasteiger partial charge in [-0.05, 0) is 49.4 Å². The first-order valence-electron chi connectivity index (χ1n) is 9.04. The third kappa shape index (κ3) is 3.00. The number of benzene rings is 1. The number of hydrogen-bond acceptors (Lipinski definition) is 6. The van der Waals surface area contributed by atoms with Crippen LogP contribution in [0.1, 0.15) is 24.1 Å². The van der Waals surface area contributed by atoms with Crippen molar-refractivity contribution in [3.8, 4) is 5.88 Å². The first kappa shape index (κ1) is 15.9. The fraction of sp³-hybridized carbons (Fsp3) is 0.421. The molecule has 0 amide bonds. The second kappa shape index (κ2) is 6.46. The van der Waals surface area contributed by atoms with Crippen LogP contribution in [0.15, 0.2) is 24.3 Å². The largest absolute Gasteiger partial charge is 0.476 e. The number of thiazole rings is 1. The summed E-state index contributed by atoms with van der Waals surface area (Å²) in [5.41, 5.74) is 3.26. The molecule has 3 heterocycles. The van der Waals surface area contributed by atoms with Gasteiger partial charge in [0.15, 0.2) is 5.13 Å². The lowest BCUT2D eigenvalue weighted by atomic mass is 10.1. The number of fused-ring (bicyclic) bond motifs is 2. The highest BCUT2D eigenvalue weighted by atomic mass is 32.1. The summed E-state index contributed by atoms with van der Waals surface area (Å²) in [6, 6.07) is 6.81. The Morgan fingerprint density at radius 2 is 2.19 bits per heavy atom. The molecule has 2 aliphatic rings. The molecule has 3 aromatic rings. The van der Waals surface area contributed by atoms with Crippen molar-refractivity contribution in [3.63, 3.8) is 0 Å². The van der Waals surface area contributed by atoms with Crippen molar-refractivity contribution in [3.05, 3.63) is 41.3 Å². The number of nitrogens with zero attached hydrogens (tertiary/aromatic N) is 4. The molecule has 26 heavy (non-hydrogen) atoms. The zero-order valence-electron chi connectivity index (χ0n) is 14.3. The molecule has 0 saturated carbocycles. The van der Waals surface area contributed by atoms with Crippen molar-refractivity contribution in [2.24, 2.45) is 5.92 Å². The van der Waals surface area contributed by atoms with Crippen LogP contribution in [0, 0.1) is 11.7 Å². The highest BCUT2D eigenvalue weighted by Gasteiger charge is 2.26. The summed E-state index contributed by atoms with van der Waals surface area (Å²) in [6.45, 7) is 2.50. The van der Waals surface area contributed by atoms with Crippen molar-refractivity contribution in [2.45, 2.75) is 25.7 Å². The van der Waals surface area contributed by atoms with Gasteiger partial charge in [0, 0.05) is 25.1 Å². The van der Waals surface area contributed by atoms with E-state index >= 15 is 0 Å². The monoisotopic (exact) mass is 370 g/mol. The van der Waals surface area contributed by atoms with Crippen molar-refractivity contribution in [1.29, 1.82) is 0 Å². The second-order valence-corrected chi connectivity index (χ2v) is 8.04. The van der Waals surface area contributed by atoms with Gasteiger partial charge in [0.25, 0.3) is 0 Å². The molecule has 1 aliphatic carbocycles. The number of halogens is 1. The number of aryl methyl sites for hydroxylation is 2. The van der Waals surface area contributed by atoms with Crippen LogP contribution in [0.4, 0.5) is 9.52 Å². The van der Waals surface area contributed by atoms with Crippen molar-refractivity contribution >= 4 is 26.7 Å². The van der Waals surface area contributed by atoms with E-state index in [0.717, 1.165) is 59.8 Å². The summed E-state index contributed by atoms with van der Waals surface area (Å²) in [6.07, 6.45) is 4.34. The minimum Gasteiger partial charge on any atom is -0.476 e. The molecule has 1 atom stereocenters. The molecule has 0 spiro atoms. The van der Waals surface area contributed by atoms with Gasteiger partial charge in [-0.2, -0.15) is 5.10 Å². The van der Waals surface area contributed by atoms with E-state index in [1.54, 1.807) is 23.5 Å². The van der Waals surface area contributed by atoms with Gasteiger partial charge in [0.05, 0.1) is 22.5 Å². The van der Waals surface area contributed by atoms with E-state index in [2.05, 4.69) is 20.1 Å². The average Bonchev–Trinajstić information content (AvgIpc) is 3.37. The Morgan fingerprint density at radius 3 is 3.15 bits per heavy atom. The fourth-order valence-electron chi connectivity index (χ4n) is 3.75.